The minimum Gasteiger partial charge on any atom is -0.478 e. The Kier molecular flexibility index (Phi) is 3.68. The van der Waals surface area contributed by atoms with Crippen molar-refractivity contribution in [1.29, 1.82) is 0 Å². The number of fused-ring (bicyclic) bond motifs is 2. The van der Waals surface area contributed by atoms with E-state index in [2.05, 4.69) is 14.9 Å². The van der Waals surface area contributed by atoms with Gasteiger partial charge in [0.15, 0.2) is 0 Å². The molecule has 5 heteroatoms. The van der Waals surface area contributed by atoms with E-state index in [1.165, 1.54) is 32.1 Å². The zero-order valence-electron chi connectivity index (χ0n) is 13.3. The minimum atomic E-state index is 0.441. The maximum Gasteiger partial charge on any atom is 0.218 e. The number of hydrogen-bond donors (Lipinski definition) is 0. The molecule has 0 amide bonds. The Morgan fingerprint density at radius 1 is 1.32 bits per heavy atom. The van der Waals surface area contributed by atoms with E-state index in [1.54, 1.807) is 6.33 Å². The molecule has 0 aromatic carbocycles. The average molecular weight is 303 g/mol. The molecule has 0 N–H and O–H groups in total. The molecule has 3 fully saturated rings. The van der Waals surface area contributed by atoms with E-state index in [0.29, 0.717) is 23.9 Å². The Balaban J connectivity index is 1.63. The Morgan fingerprint density at radius 3 is 3.00 bits per heavy atom. The lowest BCUT2D eigenvalue weighted by atomic mass is 9.71. The van der Waals surface area contributed by atoms with Crippen LogP contribution in [-0.2, 0) is 4.74 Å². The van der Waals surface area contributed by atoms with Crippen molar-refractivity contribution in [3.8, 4) is 5.88 Å². The van der Waals surface area contributed by atoms with Gasteiger partial charge in [-0.05, 0) is 43.9 Å². The summed E-state index contributed by atoms with van der Waals surface area (Å²) in [4.78, 5) is 11.3. The molecule has 2 atom stereocenters. The number of aromatic nitrogens is 2. The summed E-state index contributed by atoms with van der Waals surface area (Å²) in [7, 11) is 0. The van der Waals surface area contributed by atoms with Gasteiger partial charge in [-0.1, -0.05) is 6.42 Å². The molecule has 0 radical (unpaired) electrons. The first-order valence-electron chi connectivity index (χ1n) is 8.62. The van der Waals surface area contributed by atoms with E-state index in [-0.39, 0.29) is 0 Å². The third-order valence-corrected chi connectivity index (χ3v) is 5.85. The number of anilines is 1. The number of ether oxygens (including phenoxy) is 2. The summed E-state index contributed by atoms with van der Waals surface area (Å²) in [6.45, 7) is 5.59. The van der Waals surface area contributed by atoms with Gasteiger partial charge in [0.1, 0.15) is 12.1 Å². The summed E-state index contributed by atoms with van der Waals surface area (Å²) in [5.74, 6) is 2.54. The quantitative estimate of drug-likeness (QED) is 0.859. The second kappa shape index (κ2) is 5.69. The van der Waals surface area contributed by atoms with Gasteiger partial charge in [-0.3, -0.25) is 0 Å². The highest BCUT2D eigenvalue weighted by molar-refractivity contribution is 5.45. The van der Waals surface area contributed by atoms with Crippen LogP contribution in [0.2, 0.25) is 0 Å². The lowest BCUT2D eigenvalue weighted by Crippen LogP contribution is -2.36. The highest BCUT2D eigenvalue weighted by atomic mass is 16.5. The van der Waals surface area contributed by atoms with Crippen molar-refractivity contribution in [1.82, 2.24) is 9.97 Å². The average Bonchev–Trinajstić information content (AvgIpc) is 3.13. The molecule has 4 rings (SSSR count). The lowest BCUT2D eigenvalue weighted by molar-refractivity contribution is 0.00155. The van der Waals surface area contributed by atoms with Crippen LogP contribution in [0.3, 0.4) is 0 Å². The second-order valence-electron chi connectivity index (χ2n) is 6.85. The maximum absolute atomic E-state index is 5.63. The summed E-state index contributed by atoms with van der Waals surface area (Å²) < 4.78 is 11.2. The van der Waals surface area contributed by atoms with Gasteiger partial charge in [0.05, 0.1) is 6.61 Å². The molecule has 2 aliphatic heterocycles. The van der Waals surface area contributed by atoms with Gasteiger partial charge in [-0.15, -0.1) is 0 Å². The SMILES string of the molecule is CCOc1cc(N2CC3(CCOCC3)[C@@H]3CCC[C@@H]32)ncn1. The fraction of sp³-hybridized carbons (Fsp3) is 0.765. The highest BCUT2D eigenvalue weighted by Crippen LogP contribution is 2.54. The van der Waals surface area contributed by atoms with Gasteiger partial charge < -0.3 is 14.4 Å². The van der Waals surface area contributed by atoms with Crippen LogP contribution in [0.15, 0.2) is 12.4 Å². The Hall–Kier alpha value is -1.36. The standard InChI is InChI=1S/C17H25N3O2/c1-2-22-16-10-15(18-12-19-16)20-11-17(6-8-21-9-7-17)13-4-3-5-14(13)20/h10,12-14H,2-9,11H2,1H3/t13-,14+/m1/s1. The van der Waals surface area contributed by atoms with E-state index in [9.17, 15) is 0 Å². The van der Waals surface area contributed by atoms with Crippen molar-refractivity contribution < 1.29 is 9.47 Å². The molecule has 1 spiro atoms. The van der Waals surface area contributed by atoms with Gasteiger partial charge in [0.25, 0.3) is 0 Å². The van der Waals surface area contributed by atoms with Crippen LogP contribution in [0.5, 0.6) is 5.88 Å². The van der Waals surface area contributed by atoms with Crippen LogP contribution in [-0.4, -0.2) is 42.4 Å². The topological polar surface area (TPSA) is 47.5 Å². The smallest absolute Gasteiger partial charge is 0.218 e. The van der Waals surface area contributed by atoms with Gasteiger partial charge >= 0.3 is 0 Å². The molecular weight excluding hydrogens is 278 g/mol. The lowest BCUT2D eigenvalue weighted by Gasteiger charge is -2.37. The number of rotatable bonds is 3. The number of hydrogen-bond acceptors (Lipinski definition) is 5. The first kappa shape index (κ1) is 14.2. The van der Waals surface area contributed by atoms with E-state index >= 15 is 0 Å². The number of nitrogens with zero attached hydrogens (tertiary/aromatic N) is 3. The Bertz CT molecular complexity index is 530. The third-order valence-electron chi connectivity index (χ3n) is 5.85. The third kappa shape index (κ3) is 2.26. The molecule has 1 aromatic rings. The van der Waals surface area contributed by atoms with Crippen molar-refractivity contribution in [3.63, 3.8) is 0 Å². The molecule has 0 bridgehead atoms. The van der Waals surface area contributed by atoms with E-state index < -0.39 is 0 Å². The largest absolute Gasteiger partial charge is 0.478 e. The predicted octanol–water partition coefficient (Wildman–Crippen LogP) is 2.66. The maximum atomic E-state index is 5.63. The molecule has 5 nitrogen and oxygen atoms in total. The van der Waals surface area contributed by atoms with Gasteiger partial charge in [-0.25, -0.2) is 9.97 Å². The van der Waals surface area contributed by atoms with Crippen LogP contribution in [0.1, 0.15) is 39.0 Å². The van der Waals surface area contributed by atoms with Crippen molar-refractivity contribution in [2.24, 2.45) is 11.3 Å². The van der Waals surface area contributed by atoms with Gasteiger partial charge in [-0.2, -0.15) is 0 Å². The van der Waals surface area contributed by atoms with Gasteiger partial charge in [0, 0.05) is 31.9 Å². The molecule has 120 valence electrons. The minimum absolute atomic E-state index is 0.441. The first-order valence-corrected chi connectivity index (χ1v) is 8.62. The highest BCUT2D eigenvalue weighted by Gasteiger charge is 2.54. The summed E-state index contributed by atoms with van der Waals surface area (Å²) in [5.41, 5.74) is 0.441. The zero-order chi connectivity index (χ0) is 15.0. The van der Waals surface area contributed by atoms with Crippen LogP contribution in [0.25, 0.3) is 0 Å². The second-order valence-corrected chi connectivity index (χ2v) is 6.85. The normalized spacial score (nSPS) is 29.8. The van der Waals surface area contributed by atoms with Crippen LogP contribution >= 0.6 is 0 Å². The van der Waals surface area contributed by atoms with Crippen molar-refractivity contribution in [2.45, 2.75) is 45.1 Å². The monoisotopic (exact) mass is 303 g/mol. The Morgan fingerprint density at radius 2 is 2.18 bits per heavy atom. The van der Waals surface area contributed by atoms with Crippen LogP contribution in [0, 0.1) is 11.3 Å². The van der Waals surface area contributed by atoms with Crippen LogP contribution in [0.4, 0.5) is 5.82 Å². The summed E-state index contributed by atoms with van der Waals surface area (Å²) >= 11 is 0. The molecule has 1 aliphatic carbocycles. The molecule has 3 aliphatic rings. The summed E-state index contributed by atoms with van der Waals surface area (Å²) in [5, 5.41) is 0. The molecule has 0 unspecified atom stereocenters. The van der Waals surface area contributed by atoms with Gasteiger partial charge in [0.2, 0.25) is 5.88 Å². The fourth-order valence-corrected chi connectivity index (χ4v) is 4.87. The van der Waals surface area contributed by atoms with Crippen molar-refractivity contribution in [2.75, 3.05) is 31.3 Å². The van der Waals surface area contributed by atoms with E-state index in [4.69, 9.17) is 9.47 Å². The van der Waals surface area contributed by atoms with Crippen LogP contribution < -0.4 is 9.64 Å². The van der Waals surface area contributed by atoms with E-state index in [1.807, 2.05) is 13.0 Å². The summed E-state index contributed by atoms with van der Waals surface area (Å²) in [6, 6.07) is 2.65. The molecular formula is C17H25N3O2. The zero-order valence-corrected chi connectivity index (χ0v) is 13.3. The first-order chi connectivity index (χ1) is 10.8. The predicted molar refractivity (Wildman–Crippen MR) is 84.2 cm³/mol. The molecule has 1 aromatic heterocycles. The molecule has 22 heavy (non-hydrogen) atoms. The summed E-state index contributed by atoms with van der Waals surface area (Å²) in [6.07, 6.45) is 8.05. The fourth-order valence-electron chi connectivity index (χ4n) is 4.87. The molecule has 3 heterocycles. The van der Waals surface area contributed by atoms with E-state index in [0.717, 1.165) is 31.5 Å². The molecule has 1 saturated carbocycles. The van der Waals surface area contributed by atoms with Crippen molar-refractivity contribution >= 4 is 5.82 Å². The molecule has 2 saturated heterocycles. The van der Waals surface area contributed by atoms with Crippen molar-refractivity contribution in [3.05, 3.63) is 12.4 Å². The Labute approximate surface area is 132 Å².